The van der Waals surface area contributed by atoms with Crippen LogP contribution in [0.1, 0.15) is 13.3 Å². The molecule has 0 bridgehead atoms. The highest BCUT2D eigenvalue weighted by Gasteiger charge is 2.07. The van der Waals surface area contributed by atoms with E-state index < -0.39 is 6.10 Å². The fourth-order valence-electron chi connectivity index (χ4n) is 1.00. The average Bonchev–Trinajstić information content (AvgIpc) is 2.22. The maximum Gasteiger partial charge on any atom is 0.0863 e. The number of thioether (sulfide) groups is 1. The highest BCUT2D eigenvalue weighted by Crippen LogP contribution is 2.14. The quantitative estimate of drug-likeness (QED) is 0.541. The van der Waals surface area contributed by atoms with Crippen LogP contribution >= 0.6 is 11.8 Å². The highest BCUT2D eigenvalue weighted by molar-refractivity contribution is 7.99. The topological polar surface area (TPSA) is 64.7 Å². The van der Waals surface area contributed by atoms with E-state index in [4.69, 9.17) is 15.2 Å². The lowest BCUT2D eigenvalue weighted by atomic mass is 10.3. The van der Waals surface area contributed by atoms with Crippen molar-refractivity contribution in [1.29, 1.82) is 0 Å². The van der Waals surface area contributed by atoms with E-state index in [9.17, 15) is 5.11 Å². The minimum absolute atomic E-state index is 0.381. The zero-order chi connectivity index (χ0) is 11.5. The van der Waals surface area contributed by atoms with Gasteiger partial charge < -0.3 is 20.3 Å². The molecule has 0 amide bonds. The van der Waals surface area contributed by atoms with E-state index in [1.807, 2.05) is 0 Å². The zero-order valence-electron chi connectivity index (χ0n) is 9.65. The van der Waals surface area contributed by atoms with Gasteiger partial charge in [-0.15, -0.1) is 0 Å². The summed E-state index contributed by atoms with van der Waals surface area (Å²) in [5.41, 5.74) is 5.43. The Balaban J connectivity index is 3.28. The van der Waals surface area contributed by atoms with Gasteiger partial charge in [-0.3, -0.25) is 0 Å². The fraction of sp³-hybridized carbons (Fsp3) is 1.00. The van der Waals surface area contributed by atoms with Crippen molar-refractivity contribution in [2.24, 2.45) is 5.73 Å². The summed E-state index contributed by atoms with van der Waals surface area (Å²) in [5.74, 6) is 0.703. The molecule has 0 aromatic rings. The number of rotatable bonds is 10. The summed E-state index contributed by atoms with van der Waals surface area (Å²) < 4.78 is 10.0. The van der Waals surface area contributed by atoms with Crippen LogP contribution in [-0.4, -0.2) is 55.7 Å². The molecule has 0 fully saturated rings. The van der Waals surface area contributed by atoms with Gasteiger partial charge in [0.05, 0.1) is 25.9 Å². The van der Waals surface area contributed by atoms with Crippen molar-refractivity contribution in [3.8, 4) is 0 Å². The van der Waals surface area contributed by atoms with Crippen LogP contribution in [0.4, 0.5) is 0 Å². The summed E-state index contributed by atoms with van der Waals surface area (Å²) in [4.78, 5) is 0. The van der Waals surface area contributed by atoms with E-state index in [0.717, 1.165) is 6.42 Å². The van der Waals surface area contributed by atoms with E-state index in [1.165, 1.54) is 0 Å². The summed E-state index contributed by atoms with van der Waals surface area (Å²) in [5, 5.41) is 10.1. The van der Waals surface area contributed by atoms with Gasteiger partial charge in [-0.25, -0.2) is 0 Å². The normalized spacial score (nSPS) is 15.2. The van der Waals surface area contributed by atoms with E-state index in [0.29, 0.717) is 37.4 Å². The number of hydrogen-bond acceptors (Lipinski definition) is 5. The summed E-state index contributed by atoms with van der Waals surface area (Å²) in [6.45, 7) is 4.32. The molecule has 2 unspecified atom stereocenters. The van der Waals surface area contributed by atoms with Crippen molar-refractivity contribution in [3.05, 3.63) is 0 Å². The highest BCUT2D eigenvalue weighted by atomic mass is 32.2. The summed E-state index contributed by atoms with van der Waals surface area (Å²) in [7, 11) is 1.63. The molecule has 2 atom stereocenters. The maximum absolute atomic E-state index is 9.55. The minimum atomic E-state index is -0.396. The van der Waals surface area contributed by atoms with Crippen LogP contribution < -0.4 is 5.73 Å². The molecule has 0 saturated carbocycles. The van der Waals surface area contributed by atoms with Gasteiger partial charge in [-0.2, -0.15) is 11.8 Å². The molecule has 0 aliphatic carbocycles. The molecular formula is C10H23NO3S. The van der Waals surface area contributed by atoms with Crippen LogP contribution in [0.3, 0.4) is 0 Å². The Morgan fingerprint density at radius 2 is 2.13 bits per heavy atom. The van der Waals surface area contributed by atoms with Gasteiger partial charge in [-0.1, -0.05) is 6.92 Å². The fourth-order valence-corrected chi connectivity index (χ4v) is 1.95. The Morgan fingerprint density at radius 3 is 2.73 bits per heavy atom. The second-order valence-corrected chi connectivity index (χ2v) is 4.91. The Morgan fingerprint density at radius 1 is 1.40 bits per heavy atom. The molecule has 15 heavy (non-hydrogen) atoms. The maximum atomic E-state index is 9.55. The Hall–Kier alpha value is 0.190. The average molecular weight is 237 g/mol. The molecule has 0 saturated heterocycles. The first kappa shape index (κ1) is 15.2. The predicted octanol–water partition coefficient (Wildman–Crippen LogP) is 0.481. The van der Waals surface area contributed by atoms with Crippen molar-refractivity contribution < 1.29 is 14.6 Å². The SMILES string of the molecule is COCCOCC(O)CSC(C)CCN. The van der Waals surface area contributed by atoms with Crippen molar-refractivity contribution in [1.82, 2.24) is 0 Å². The van der Waals surface area contributed by atoms with Crippen molar-refractivity contribution in [2.75, 3.05) is 39.2 Å². The minimum Gasteiger partial charge on any atom is -0.390 e. The molecule has 0 aliphatic rings. The number of aliphatic hydroxyl groups excluding tert-OH is 1. The second-order valence-electron chi connectivity index (χ2n) is 3.44. The molecule has 0 aliphatic heterocycles. The van der Waals surface area contributed by atoms with E-state index >= 15 is 0 Å². The molecule has 5 heteroatoms. The molecule has 0 aromatic heterocycles. The molecule has 3 N–H and O–H groups in total. The van der Waals surface area contributed by atoms with Gasteiger partial charge in [0.2, 0.25) is 0 Å². The molecule has 4 nitrogen and oxygen atoms in total. The predicted molar refractivity (Wildman–Crippen MR) is 64.3 cm³/mol. The van der Waals surface area contributed by atoms with Crippen LogP contribution in [-0.2, 0) is 9.47 Å². The van der Waals surface area contributed by atoms with Gasteiger partial charge >= 0.3 is 0 Å². The van der Waals surface area contributed by atoms with Crippen LogP contribution in [0.5, 0.6) is 0 Å². The van der Waals surface area contributed by atoms with Crippen molar-refractivity contribution in [3.63, 3.8) is 0 Å². The molecule has 0 radical (unpaired) electrons. The lowest BCUT2D eigenvalue weighted by Gasteiger charge is -2.14. The van der Waals surface area contributed by atoms with Crippen LogP contribution in [0.15, 0.2) is 0 Å². The summed E-state index contributed by atoms with van der Waals surface area (Å²) in [6.07, 6.45) is 0.592. The first-order valence-electron chi connectivity index (χ1n) is 5.27. The number of hydrogen-bond donors (Lipinski definition) is 2. The third-order valence-corrected chi connectivity index (χ3v) is 3.27. The van der Waals surface area contributed by atoms with E-state index in [2.05, 4.69) is 6.92 Å². The Labute approximate surface area is 96.5 Å². The van der Waals surface area contributed by atoms with Gasteiger partial charge in [-0.05, 0) is 13.0 Å². The third kappa shape index (κ3) is 10.5. The zero-order valence-corrected chi connectivity index (χ0v) is 10.5. The van der Waals surface area contributed by atoms with E-state index in [-0.39, 0.29) is 0 Å². The molecule has 0 aromatic carbocycles. The lowest BCUT2D eigenvalue weighted by molar-refractivity contribution is 0.0218. The Kier molecular flexibility index (Phi) is 10.8. The molecule has 0 rings (SSSR count). The molecule has 0 spiro atoms. The van der Waals surface area contributed by atoms with Crippen LogP contribution in [0.2, 0.25) is 0 Å². The van der Waals surface area contributed by atoms with Crippen molar-refractivity contribution >= 4 is 11.8 Å². The molecular weight excluding hydrogens is 214 g/mol. The van der Waals surface area contributed by atoms with Gasteiger partial charge in [0.15, 0.2) is 0 Å². The van der Waals surface area contributed by atoms with Gasteiger partial charge in [0.1, 0.15) is 0 Å². The summed E-state index contributed by atoms with van der Waals surface area (Å²) >= 11 is 1.73. The third-order valence-electron chi connectivity index (χ3n) is 1.89. The monoisotopic (exact) mass is 237 g/mol. The van der Waals surface area contributed by atoms with Gasteiger partial charge in [0.25, 0.3) is 0 Å². The largest absolute Gasteiger partial charge is 0.390 e. The number of nitrogens with two attached hydrogens (primary N) is 1. The smallest absolute Gasteiger partial charge is 0.0863 e. The first-order chi connectivity index (χ1) is 7.20. The number of ether oxygens (including phenoxy) is 2. The molecule has 0 heterocycles. The number of aliphatic hydroxyl groups is 1. The first-order valence-corrected chi connectivity index (χ1v) is 6.32. The lowest BCUT2D eigenvalue weighted by Crippen LogP contribution is -2.21. The van der Waals surface area contributed by atoms with Crippen LogP contribution in [0, 0.1) is 0 Å². The second kappa shape index (κ2) is 10.7. The number of methoxy groups -OCH3 is 1. The van der Waals surface area contributed by atoms with Gasteiger partial charge in [0, 0.05) is 18.1 Å². The standard InChI is InChI=1S/C10H23NO3S/c1-9(3-4-11)15-8-10(12)7-14-6-5-13-2/h9-10,12H,3-8,11H2,1-2H3. The molecule has 92 valence electrons. The van der Waals surface area contributed by atoms with Crippen molar-refractivity contribution in [2.45, 2.75) is 24.7 Å². The Bertz CT molecular complexity index is 138. The van der Waals surface area contributed by atoms with E-state index in [1.54, 1.807) is 18.9 Å². The summed E-state index contributed by atoms with van der Waals surface area (Å²) in [6, 6.07) is 0. The van der Waals surface area contributed by atoms with Crippen LogP contribution in [0.25, 0.3) is 0 Å².